The van der Waals surface area contributed by atoms with E-state index in [0.717, 1.165) is 42.2 Å². The Morgan fingerprint density at radius 3 is 2.79 bits per heavy atom. The zero-order chi connectivity index (χ0) is 13.8. The summed E-state index contributed by atoms with van der Waals surface area (Å²) in [5.41, 5.74) is 2.21. The Labute approximate surface area is 120 Å². The molecule has 1 aromatic carbocycles. The molecule has 0 saturated carbocycles. The van der Waals surface area contributed by atoms with Crippen LogP contribution in [-0.4, -0.2) is 21.4 Å². The molecule has 0 N–H and O–H groups in total. The first kappa shape index (κ1) is 14.3. The Morgan fingerprint density at radius 2 is 2.16 bits per heavy atom. The van der Waals surface area contributed by atoms with Gasteiger partial charge in [0.15, 0.2) is 0 Å². The van der Waals surface area contributed by atoms with Crippen LogP contribution in [0.1, 0.15) is 33.0 Å². The van der Waals surface area contributed by atoms with Crippen molar-refractivity contribution in [2.24, 2.45) is 0 Å². The van der Waals surface area contributed by atoms with Crippen LogP contribution in [0, 0.1) is 0 Å². The lowest BCUT2D eigenvalue weighted by Crippen LogP contribution is -2.05. The molecule has 0 aliphatic heterocycles. The lowest BCUT2D eigenvalue weighted by Gasteiger charge is -2.10. The summed E-state index contributed by atoms with van der Waals surface area (Å²) < 4.78 is 8.02. The largest absolute Gasteiger partial charge is 0.491 e. The molecule has 0 amide bonds. The number of aryl methyl sites for hydroxylation is 2. The van der Waals surface area contributed by atoms with Gasteiger partial charge in [-0.1, -0.05) is 6.92 Å². The number of aromatic nitrogens is 2. The van der Waals surface area contributed by atoms with Gasteiger partial charge in [0.1, 0.15) is 11.6 Å². The molecule has 19 heavy (non-hydrogen) atoms. The molecule has 2 aromatic rings. The second kappa shape index (κ2) is 6.33. The van der Waals surface area contributed by atoms with E-state index in [4.69, 9.17) is 9.72 Å². The predicted octanol–water partition coefficient (Wildman–Crippen LogP) is 3.71. The molecule has 1 aromatic heterocycles. The molecule has 1 heterocycles. The minimum Gasteiger partial charge on any atom is -0.491 e. The third kappa shape index (κ3) is 3.24. The zero-order valence-electron chi connectivity index (χ0n) is 11.9. The average molecular weight is 278 g/mol. The van der Waals surface area contributed by atoms with Gasteiger partial charge in [0, 0.05) is 19.0 Å². The molecule has 0 fully saturated rings. The summed E-state index contributed by atoms with van der Waals surface area (Å²) in [6.07, 6.45) is 2.19. The van der Waals surface area contributed by atoms with E-state index in [9.17, 15) is 0 Å². The molecule has 0 saturated heterocycles. The second-order valence-electron chi connectivity index (χ2n) is 4.97. The molecule has 104 valence electrons. The van der Waals surface area contributed by atoms with E-state index < -0.39 is 0 Å². The van der Waals surface area contributed by atoms with Crippen molar-refractivity contribution in [1.82, 2.24) is 9.55 Å². The van der Waals surface area contributed by atoms with Crippen molar-refractivity contribution in [2.75, 3.05) is 5.75 Å². The van der Waals surface area contributed by atoms with E-state index in [1.165, 1.54) is 5.52 Å². The minimum atomic E-state index is 0.187. The van der Waals surface area contributed by atoms with Crippen LogP contribution in [0.2, 0.25) is 0 Å². The van der Waals surface area contributed by atoms with Crippen molar-refractivity contribution in [3.8, 4) is 5.75 Å². The van der Waals surface area contributed by atoms with Gasteiger partial charge in [0.05, 0.1) is 17.1 Å². The molecule has 0 atom stereocenters. The number of rotatable bonds is 6. The molecular weight excluding hydrogens is 256 g/mol. The summed E-state index contributed by atoms with van der Waals surface area (Å²) in [5, 5.41) is 0. The van der Waals surface area contributed by atoms with Gasteiger partial charge in [0.2, 0.25) is 0 Å². The SMILES string of the molecule is CCCn1c(CCS)nc2cc(OC(C)C)ccc21. The number of ether oxygens (including phenoxy) is 1. The molecule has 0 radical (unpaired) electrons. The number of thiol groups is 1. The fourth-order valence-corrected chi connectivity index (χ4v) is 2.47. The fourth-order valence-electron chi connectivity index (χ4n) is 2.27. The van der Waals surface area contributed by atoms with E-state index in [1.807, 2.05) is 26.0 Å². The standard InChI is InChI=1S/C15H22N2OS/c1-4-8-17-14-6-5-12(18-11(2)3)10-13(14)16-15(17)7-9-19/h5-6,10-11,19H,4,7-9H2,1-3H3. The average Bonchev–Trinajstić information content (AvgIpc) is 2.67. The van der Waals surface area contributed by atoms with Crippen LogP contribution in [0.3, 0.4) is 0 Å². The zero-order valence-corrected chi connectivity index (χ0v) is 12.8. The van der Waals surface area contributed by atoms with Crippen molar-refractivity contribution >= 4 is 23.7 Å². The number of hydrogen-bond acceptors (Lipinski definition) is 3. The highest BCUT2D eigenvalue weighted by atomic mass is 32.1. The summed E-state index contributed by atoms with van der Waals surface area (Å²) in [6.45, 7) is 7.26. The Morgan fingerprint density at radius 1 is 1.37 bits per heavy atom. The van der Waals surface area contributed by atoms with Crippen LogP contribution in [-0.2, 0) is 13.0 Å². The molecule has 0 aliphatic rings. The topological polar surface area (TPSA) is 27.1 Å². The summed E-state index contributed by atoms with van der Waals surface area (Å²) in [6, 6.07) is 6.17. The summed E-state index contributed by atoms with van der Waals surface area (Å²) in [5.74, 6) is 2.83. The third-order valence-corrected chi connectivity index (χ3v) is 3.18. The van der Waals surface area contributed by atoms with E-state index >= 15 is 0 Å². The first-order valence-corrected chi connectivity index (χ1v) is 7.55. The molecule has 3 nitrogen and oxygen atoms in total. The fraction of sp³-hybridized carbons (Fsp3) is 0.533. The Kier molecular flexibility index (Phi) is 4.75. The Hall–Kier alpha value is -1.16. The van der Waals surface area contributed by atoms with Gasteiger partial charge in [-0.15, -0.1) is 0 Å². The summed E-state index contributed by atoms with van der Waals surface area (Å²) in [7, 11) is 0. The lowest BCUT2D eigenvalue weighted by molar-refractivity contribution is 0.242. The molecule has 0 bridgehead atoms. The molecule has 2 rings (SSSR count). The van der Waals surface area contributed by atoms with Gasteiger partial charge in [-0.3, -0.25) is 0 Å². The van der Waals surface area contributed by atoms with E-state index in [1.54, 1.807) is 0 Å². The van der Waals surface area contributed by atoms with Gasteiger partial charge >= 0.3 is 0 Å². The van der Waals surface area contributed by atoms with E-state index in [2.05, 4.69) is 30.2 Å². The Bertz CT molecular complexity index is 548. The summed E-state index contributed by atoms with van der Waals surface area (Å²) in [4.78, 5) is 4.72. The van der Waals surface area contributed by atoms with Crippen LogP contribution in [0.4, 0.5) is 0 Å². The molecule has 0 unspecified atom stereocenters. The Balaban J connectivity index is 2.43. The van der Waals surface area contributed by atoms with Crippen molar-refractivity contribution in [3.63, 3.8) is 0 Å². The number of nitrogens with zero attached hydrogens (tertiary/aromatic N) is 2. The number of benzene rings is 1. The highest BCUT2D eigenvalue weighted by molar-refractivity contribution is 7.80. The van der Waals surface area contributed by atoms with Crippen LogP contribution < -0.4 is 4.74 Å². The first-order chi connectivity index (χ1) is 9.15. The van der Waals surface area contributed by atoms with E-state index in [0.29, 0.717) is 0 Å². The number of fused-ring (bicyclic) bond motifs is 1. The maximum Gasteiger partial charge on any atom is 0.121 e. The van der Waals surface area contributed by atoms with Gasteiger partial charge < -0.3 is 9.30 Å². The quantitative estimate of drug-likeness (QED) is 0.816. The maximum absolute atomic E-state index is 5.73. The molecule has 0 spiro atoms. The number of hydrogen-bond donors (Lipinski definition) is 1. The second-order valence-corrected chi connectivity index (χ2v) is 5.42. The van der Waals surface area contributed by atoms with Crippen LogP contribution >= 0.6 is 12.6 Å². The van der Waals surface area contributed by atoms with Gasteiger partial charge in [-0.2, -0.15) is 12.6 Å². The van der Waals surface area contributed by atoms with Crippen molar-refractivity contribution in [1.29, 1.82) is 0 Å². The van der Waals surface area contributed by atoms with Crippen molar-refractivity contribution in [2.45, 2.75) is 46.3 Å². The van der Waals surface area contributed by atoms with Crippen LogP contribution in [0.15, 0.2) is 18.2 Å². The van der Waals surface area contributed by atoms with Crippen molar-refractivity contribution < 1.29 is 4.74 Å². The smallest absolute Gasteiger partial charge is 0.121 e. The minimum absolute atomic E-state index is 0.187. The van der Waals surface area contributed by atoms with Gasteiger partial charge in [0.25, 0.3) is 0 Å². The van der Waals surface area contributed by atoms with E-state index in [-0.39, 0.29) is 6.10 Å². The van der Waals surface area contributed by atoms with Crippen LogP contribution in [0.25, 0.3) is 11.0 Å². The van der Waals surface area contributed by atoms with Crippen LogP contribution in [0.5, 0.6) is 5.75 Å². The van der Waals surface area contributed by atoms with Crippen molar-refractivity contribution in [3.05, 3.63) is 24.0 Å². The molecule has 4 heteroatoms. The molecule has 0 aliphatic carbocycles. The highest BCUT2D eigenvalue weighted by Gasteiger charge is 2.10. The first-order valence-electron chi connectivity index (χ1n) is 6.92. The highest BCUT2D eigenvalue weighted by Crippen LogP contribution is 2.23. The lowest BCUT2D eigenvalue weighted by atomic mass is 10.3. The van der Waals surface area contributed by atoms with Gasteiger partial charge in [-0.05, 0) is 38.2 Å². The monoisotopic (exact) mass is 278 g/mol. The number of imidazole rings is 1. The third-order valence-electron chi connectivity index (χ3n) is 2.95. The normalized spacial score (nSPS) is 11.4. The van der Waals surface area contributed by atoms with Gasteiger partial charge in [-0.25, -0.2) is 4.98 Å². The maximum atomic E-state index is 5.73. The molecular formula is C15H22N2OS. The summed E-state index contributed by atoms with van der Waals surface area (Å²) >= 11 is 4.32. The predicted molar refractivity (Wildman–Crippen MR) is 83.3 cm³/mol.